The lowest BCUT2D eigenvalue weighted by Crippen LogP contribution is -2.13. The lowest BCUT2D eigenvalue weighted by atomic mass is 10.1. The summed E-state index contributed by atoms with van der Waals surface area (Å²) in [5.74, 6) is 0.295. The Balaban J connectivity index is 1.67. The van der Waals surface area contributed by atoms with E-state index in [1.54, 1.807) is 6.07 Å². The summed E-state index contributed by atoms with van der Waals surface area (Å²) in [6.45, 7) is 0. The van der Waals surface area contributed by atoms with Crippen LogP contribution in [-0.2, 0) is 4.79 Å². The largest absolute Gasteiger partial charge is 0.325 e. The van der Waals surface area contributed by atoms with Crippen molar-refractivity contribution in [3.63, 3.8) is 0 Å². The van der Waals surface area contributed by atoms with Gasteiger partial charge >= 0.3 is 0 Å². The van der Waals surface area contributed by atoms with E-state index in [1.165, 1.54) is 22.5 Å². The first kappa shape index (κ1) is 16.4. The van der Waals surface area contributed by atoms with Crippen LogP contribution in [0.15, 0.2) is 70.0 Å². The van der Waals surface area contributed by atoms with Crippen LogP contribution in [0.5, 0.6) is 0 Å². The van der Waals surface area contributed by atoms with Gasteiger partial charge in [0, 0.05) is 15.1 Å². The first-order chi connectivity index (χ1) is 11.1. The maximum Gasteiger partial charge on any atom is 0.234 e. The molecule has 0 aromatic heterocycles. The highest BCUT2D eigenvalue weighted by Gasteiger charge is 2.07. The number of fused-ring (bicyclic) bond motifs is 1. The second-order valence-electron chi connectivity index (χ2n) is 4.94. The number of rotatable bonds is 4. The highest BCUT2D eigenvalue weighted by molar-refractivity contribution is 9.10. The zero-order valence-corrected chi connectivity index (χ0v) is 15.2. The first-order valence-electron chi connectivity index (χ1n) is 6.99. The lowest BCUT2D eigenvalue weighted by molar-refractivity contribution is -0.113. The zero-order valence-electron chi connectivity index (χ0n) is 12.1. The summed E-state index contributed by atoms with van der Waals surface area (Å²) in [7, 11) is 0. The molecule has 1 N–H and O–H groups in total. The van der Waals surface area contributed by atoms with E-state index in [9.17, 15) is 4.79 Å². The number of nitrogens with one attached hydrogen (secondary N) is 1. The summed E-state index contributed by atoms with van der Waals surface area (Å²) in [6.07, 6.45) is 0. The van der Waals surface area contributed by atoms with Gasteiger partial charge in [-0.2, -0.15) is 0 Å². The fourth-order valence-electron chi connectivity index (χ4n) is 2.24. The van der Waals surface area contributed by atoms with E-state index in [0.29, 0.717) is 16.5 Å². The number of amides is 1. The van der Waals surface area contributed by atoms with Crippen molar-refractivity contribution in [3.8, 4) is 0 Å². The zero-order chi connectivity index (χ0) is 16.2. The Hall–Kier alpha value is -1.49. The van der Waals surface area contributed by atoms with Crippen LogP contribution in [0.2, 0.25) is 5.02 Å². The van der Waals surface area contributed by atoms with Crippen molar-refractivity contribution >= 4 is 61.7 Å². The number of hydrogen-bond donors (Lipinski definition) is 1. The Morgan fingerprint density at radius 3 is 2.70 bits per heavy atom. The molecule has 3 aromatic rings. The number of carbonyl (C=O) groups excluding carboxylic acids is 1. The highest BCUT2D eigenvalue weighted by atomic mass is 79.9. The van der Waals surface area contributed by atoms with Gasteiger partial charge in [-0.05, 0) is 51.0 Å². The number of anilines is 1. The minimum absolute atomic E-state index is 0.0543. The van der Waals surface area contributed by atoms with Crippen molar-refractivity contribution in [2.45, 2.75) is 4.90 Å². The maximum atomic E-state index is 12.1. The van der Waals surface area contributed by atoms with Gasteiger partial charge in [0.25, 0.3) is 0 Å². The average Bonchev–Trinajstić information content (AvgIpc) is 2.56. The molecule has 23 heavy (non-hydrogen) atoms. The van der Waals surface area contributed by atoms with E-state index in [1.807, 2.05) is 36.4 Å². The molecule has 116 valence electrons. The van der Waals surface area contributed by atoms with Gasteiger partial charge in [-0.1, -0.05) is 48.0 Å². The second kappa shape index (κ2) is 7.39. The van der Waals surface area contributed by atoms with E-state index in [4.69, 9.17) is 11.6 Å². The van der Waals surface area contributed by atoms with Gasteiger partial charge in [0.1, 0.15) is 0 Å². The molecule has 0 aliphatic heterocycles. The van der Waals surface area contributed by atoms with Crippen LogP contribution in [0.4, 0.5) is 5.69 Å². The van der Waals surface area contributed by atoms with E-state index in [0.717, 1.165) is 9.37 Å². The van der Waals surface area contributed by atoms with Crippen LogP contribution < -0.4 is 5.32 Å². The van der Waals surface area contributed by atoms with E-state index in [-0.39, 0.29) is 5.91 Å². The Kier molecular flexibility index (Phi) is 5.26. The number of hydrogen-bond acceptors (Lipinski definition) is 2. The van der Waals surface area contributed by atoms with Gasteiger partial charge in [-0.15, -0.1) is 11.8 Å². The molecule has 0 radical (unpaired) electrons. The van der Waals surface area contributed by atoms with E-state index < -0.39 is 0 Å². The van der Waals surface area contributed by atoms with Gasteiger partial charge in [-0.3, -0.25) is 4.79 Å². The van der Waals surface area contributed by atoms with Crippen LogP contribution in [-0.4, -0.2) is 11.7 Å². The van der Waals surface area contributed by atoms with Gasteiger partial charge in [0.2, 0.25) is 5.91 Å². The van der Waals surface area contributed by atoms with Crippen LogP contribution in [0.25, 0.3) is 10.8 Å². The summed E-state index contributed by atoms with van der Waals surface area (Å²) in [5.41, 5.74) is 0.696. The molecule has 0 heterocycles. The quantitative estimate of drug-likeness (QED) is 0.539. The Morgan fingerprint density at radius 2 is 1.87 bits per heavy atom. The molecule has 0 saturated carbocycles. The normalized spacial score (nSPS) is 10.7. The topological polar surface area (TPSA) is 29.1 Å². The predicted molar refractivity (Wildman–Crippen MR) is 102 cm³/mol. The standard InChI is InChI=1S/C18H13BrClNOS/c19-15-9-8-13(10-16(15)20)21-18(22)11-23-17-7-3-5-12-4-1-2-6-14(12)17/h1-10H,11H2,(H,21,22). The summed E-state index contributed by atoms with van der Waals surface area (Å²) in [4.78, 5) is 13.2. The van der Waals surface area contributed by atoms with Crippen LogP contribution in [0.1, 0.15) is 0 Å². The molecule has 0 aliphatic carbocycles. The SMILES string of the molecule is O=C(CSc1cccc2ccccc12)Nc1ccc(Br)c(Cl)c1. The molecule has 0 saturated heterocycles. The van der Waals surface area contributed by atoms with Gasteiger partial charge < -0.3 is 5.32 Å². The molecular formula is C18H13BrClNOS. The maximum absolute atomic E-state index is 12.1. The molecule has 0 fully saturated rings. The fraction of sp³-hybridized carbons (Fsp3) is 0.0556. The Bertz CT molecular complexity index is 863. The Labute approximate surface area is 152 Å². The molecule has 0 aliphatic rings. The monoisotopic (exact) mass is 405 g/mol. The van der Waals surface area contributed by atoms with Crippen molar-refractivity contribution in [2.24, 2.45) is 0 Å². The third kappa shape index (κ3) is 4.08. The summed E-state index contributed by atoms with van der Waals surface area (Å²) >= 11 is 10.9. The summed E-state index contributed by atoms with van der Waals surface area (Å²) in [6, 6.07) is 19.7. The summed E-state index contributed by atoms with van der Waals surface area (Å²) < 4.78 is 0.808. The number of carbonyl (C=O) groups is 1. The minimum Gasteiger partial charge on any atom is -0.325 e. The summed E-state index contributed by atoms with van der Waals surface area (Å²) in [5, 5.41) is 5.78. The average molecular weight is 407 g/mol. The van der Waals surface area contributed by atoms with Crippen molar-refractivity contribution in [1.82, 2.24) is 0 Å². The minimum atomic E-state index is -0.0543. The molecular weight excluding hydrogens is 394 g/mol. The van der Waals surface area contributed by atoms with Crippen LogP contribution >= 0.6 is 39.3 Å². The van der Waals surface area contributed by atoms with Crippen molar-refractivity contribution in [3.05, 3.63) is 70.2 Å². The predicted octanol–water partition coefficient (Wildman–Crippen LogP) is 5.99. The van der Waals surface area contributed by atoms with Crippen molar-refractivity contribution in [1.29, 1.82) is 0 Å². The van der Waals surface area contributed by atoms with E-state index in [2.05, 4.69) is 39.4 Å². The smallest absolute Gasteiger partial charge is 0.234 e. The molecule has 2 nitrogen and oxygen atoms in total. The number of thioether (sulfide) groups is 1. The van der Waals surface area contributed by atoms with Crippen LogP contribution in [0.3, 0.4) is 0 Å². The molecule has 0 atom stereocenters. The van der Waals surface area contributed by atoms with Crippen LogP contribution in [0, 0.1) is 0 Å². The van der Waals surface area contributed by atoms with Crippen molar-refractivity contribution < 1.29 is 4.79 Å². The van der Waals surface area contributed by atoms with E-state index >= 15 is 0 Å². The van der Waals surface area contributed by atoms with Gasteiger partial charge in [-0.25, -0.2) is 0 Å². The third-order valence-electron chi connectivity index (χ3n) is 3.31. The molecule has 5 heteroatoms. The number of halogens is 2. The molecule has 0 unspecified atom stereocenters. The lowest BCUT2D eigenvalue weighted by Gasteiger charge is -2.08. The third-order valence-corrected chi connectivity index (χ3v) is 5.62. The first-order valence-corrected chi connectivity index (χ1v) is 9.14. The molecule has 0 bridgehead atoms. The fourth-order valence-corrected chi connectivity index (χ4v) is 3.54. The highest BCUT2D eigenvalue weighted by Crippen LogP contribution is 2.28. The molecule has 3 rings (SSSR count). The molecule has 0 spiro atoms. The number of benzene rings is 3. The molecule has 1 amide bonds. The van der Waals surface area contributed by atoms with Gasteiger partial charge in [0.05, 0.1) is 10.8 Å². The Morgan fingerprint density at radius 1 is 1.09 bits per heavy atom. The van der Waals surface area contributed by atoms with Crippen molar-refractivity contribution in [2.75, 3.05) is 11.1 Å². The van der Waals surface area contributed by atoms with Gasteiger partial charge in [0.15, 0.2) is 0 Å². The second-order valence-corrected chi connectivity index (χ2v) is 7.22. The molecule has 3 aromatic carbocycles.